The van der Waals surface area contributed by atoms with Gasteiger partial charge in [-0.1, -0.05) is 44.2 Å². The minimum atomic E-state index is -0.145. The summed E-state index contributed by atoms with van der Waals surface area (Å²) < 4.78 is 13.8. The van der Waals surface area contributed by atoms with Crippen molar-refractivity contribution >= 4 is 5.69 Å². The first-order valence-electron chi connectivity index (χ1n) is 6.84. The second-order valence-electron chi connectivity index (χ2n) is 4.68. The Balaban J connectivity index is 2.21. The maximum absolute atomic E-state index is 13.8. The van der Waals surface area contributed by atoms with Crippen LogP contribution < -0.4 is 5.32 Å². The van der Waals surface area contributed by atoms with Crippen LogP contribution in [0.25, 0.3) is 0 Å². The van der Waals surface area contributed by atoms with E-state index in [0.29, 0.717) is 0 Å². The molecule has 0 saturated heterocycles. The van der Waals surface area contributed by atoms with E-state index in [0.717, 1.165) is 24.1 Å². The third-order valence-corrected chi connectivity index (χ3v) is 3.37. The quantitative estimate of drug-likeness (QED) is 0.799. The predicted molar refractivity (Wildman–Crippen MR) is 78.9 cm³/mol. The van der Waals surface area contributed by atoms with Gasteiger partial charge in [-0.3, -0.25) is 0 Å². The molecular formula is C17H20FN. The van der Waals surface area contributed by atoms with E-state index in [1.807, 2.05) is 24.3 Å². The smallest absolute Gasteiger partial charge is 0.128 e. The van der Waals surface area contributed by atoms with Gasteiger partial charge in [0.1, 0.15) is 5.82 Å². The van der Waals surface area contributed by atoms with Gasteiger partial charge in [0.25, 0.3) is 0 Å². The molecule has 0 fully saturated rings. The van der Waals surface area contributed by atoms with Crippen molar-refractivity contribution in [2.75, 3.05) is 5.32 Å². The second-order valence-corrected chi connectivity index (χ2v) is 4.68. The fourth-order valence-electron chi connectivity index (χ4n) is 2.24. The first-order valence-corrected chi connectivity index (χ1v) is 6.84. The van der Waals surface area contributed by atoms with E-state index in [1.165, 1.54) is 11.6 Å². The minimum absolute atomic E-state index is 0.00769. The van der Waals surface area contributed by atoms with Crippen molar-refractivity contribution in [3.63, 3.8) is 0 Å². The first-order chi connectivity index (χ1) is 9.24. The summed E-state index contributed by atoms with van der Waals surface area (Å²) in [6.07, 6.45) is 1.85. The third-order valence-electron chi connectivity index (χ3n) is 3.37. The Bertz CT molecular complexity index is 536. The molecule has 2 aromatic rings. The molecule has 0 saturated carbocycles. The minimum Gasteiger partial charge on any atom is -0.378 e. The first kappa shape index (κ1) is 13.6. The largest absolute Gasteiger partial charge is 0.378 e. The molecule has 0 aliphatic heterocycles. The van der Waals surface area contributed by atoms with E-state index in [2.05, 4.69) is 31.3 Å². The Hall–Kier alpha value is -1.83. The third kappa shape index (κ3) is 3.34. The number of rotatable bonds is 5. The molecule has 0 aromatic heterocycles. The van der Waals surface area contributed by atoms with Crippen LogP contribution in [0.15, 0.2) is 48.5 Å². The van der Waals surface area contributed by atoms with Crippen LogP contribution in [0, 0.1) is 5.82 Å². The molecule has 0 amide bonds. The molecule has 0 heterocycles. The molecular weight excluding hydrogens is 237 g/mol. The highest BCUT2D eigenvalue weighted by Crippen LogP contribution is 2.25. The lowest BCUT2D eigenvalue weighted by atomic mass is 10.0. The standard InChI is InChI=1S/C17H20FN/c1-3-13-8-7-9-14(12-13)19-17(4-2)15-10-5-6-11-16(15)18/h5-12,17,19H,3-4H2,1-2H3. The van der Waals surface area contributed by atoms with Crippen LogP contribution in [0.2, 0.25) is 0 Å². The molecule has 2 heteroatoms. The molecule has 0 aliphatic carbocycles. The lowest BCUT2D eigenvalue weighted by Gasteiger charge is -2.19. The SMILES string of the molecule is CCc1cccc(NC(CC)c2ccccc2F)c1. The van der Waals surface area contributed by atoms with Gasteiger partial charge in [-0.15, -0.1) is 0 Å². The van der Waals surface area contributed by atoms with Crippen LogP contribution in [0.5, 0.6) is 0 Å². The van der Waals surface area contributed by atoms with E-state index in [4.69, 9.17) is 0 Å². The zero-order valence-corrected chi connectivity index (χ0v) is 11.5. The van der Waals surface area contributed by atoms with E-state index < -0.39 is 0 Å². The van der Waals surface area contributed by atoms with Gasteiger partial charge in [0, 0.05) is 11.3 Å². The van der Waals surface area contributed by atoms with E-state index in [1.54, 1.807) is 6.07 Å². The maximum atomic E-state index is 13.8. The summed E-state index contributed by atoms with van der Waals surface area (Å²) in [4.78, 5) is 0. The van der Waals surface area contributed by atoms with Gasteiger partial charge in [0.15, 0.2) is 0 Å². The van der Waals surface area contributed by atoms with Gasteiger partial charge in [0.2, 0.25) is 0 Å². The number of aryl methyl sites for hydroxylation is 1. The summed E-state index contributed by atoms with van der Waals surface area (Å²) in [5.41, 5.74) is 3.06. The maximum Gasteiger partial charge on any atom is 0.128 e. The highest BCUT2D eigenvalue weighted by Gasteiger charge is 2.13. The van der Waals surface area contributed by atoms with Gasteiger partial charge >= 0.3 is 0 Å². The van der Waals surface area contributed by atoms with Crippen molar-refractivity contribution in [2.45, 2.75) is 32.7 Å². The molecule has 1 nitrogen and oxygen atoms in total. The summed E-state index contributed by atoms with van der Waals surface area (Å²) in [5.74, 6) is -0.145. The van der Waals surface area contributed by atoms with Crippen LogP contribution >= 0.6 is 0 Å². The Morgan fingerprint density at radius 1 is 1.05 bits per heavy atom. The van der Waals surface area contributed by atoms with Crippen LogP contribution in [-0.4, -0.2) is 0 Å². The van der Waals surface area contributed by atoms with Crippen molar-refractivity contribution in [3.05, 3.63) is 65.5 Å². The van der Waals surface area contributed by atoms with Crippen molar-refractivity contribution in [2.24, 2.45) is 0 Å². The van der Waals surface area contributed by atoms with Gasteiger partial charge in [-0.05, 0) is 36.6 Å². The Kier molecular flexibility index (Phi) is 4.56. The summed E-state index contributed by atoms with van der Waals surface area (Å²) in [6.45, 7) is 4.20. The fraction of sp³-hybridized carbons (Fsp3) is 0.294. The van der Waals surface area contributed by atoms with Gasteiger partial charge in [-0.2, -0.15) is 0 Å². The van der Waals surface area contributed by atoms with Gasteiger partial charge in [-0.25, -0.2) is 4.39 Å². The topological polar surface area (TPSA) is 12.0 Å². The van der Waals surface area contributed by atoms with Gasteiger partial charge < -0.3 is 5.32 Å². The van der Waals surface area contributed by atoms with Crippen molar-refractivity contribution < 1.29 is 4.39 Å². The lowest BCUT2D eigenvalue weighted by Crippen LogP contribution is -2.11. The van der Waals surface area contributed by atoms with Crippen LogP contribution in [0.4, 0.5) is 10.1 Å². The summed E-state index contributed by atoms with van der Waals surface area (Å²) in [6, 6.07) is 15.3. The zero-order chi connectivity index (χ0) is 13.7. The Morgan fingerprint density at radius 2 is 1.84 bits per heavy atom. The molecule has 2 aromatic carbocycles. The van der Waals surface area contributed by atoms with Crippen molar-refractivity contribution in [3.8, 4) is 0 Å². The van der Waals surface area contributed by atoms with E-state index in [9.17, 15) is 4.39 Å². The number of nitrogens with one attached hydrogen (secondary N) is 1. The fourth-order valence-corrected chi connectivity index (χ4v) is 2.24. The molecule has 19 heavy (non-hydrogen) atoms. The molecule has 1 N–H and O–H groups in total. The van der Waals surface area contributed by atoms with Crippen LogP contribution in [0.3, 0.4) is 0 Å². The highest BCUT2D eigenvalue weighted by molar-refractivity contribution is 5.48. The number of benzene rings is 2. The normalized spacial score (nSPS) is 12.2. The Labute approximate surface area is 114 Å². The molecule has 0 aliphatic rings. The molecule has 100 valence electrons. The summed E-state index contributed by atoms with van der Waals surface area (Å²) >= 11 is 0. The number of hydrogen-bond acceptors (Lipinski definition) is 1. The zero-order valence-electron chi connectivity index (χ0n) is 11.5. The molecule has 0 bridgehead atoms. The molecule has 1 unspecified atom stereocenters. The average Bonchev–Trinajstić information content (AvgIpc) is 2.46. The molecule has 1 atom stereocenters. The Morgan fingerprint density at radius 3 is 2.53 bits per heavy atom. The molecule has 0 spiro atoms. The van der Waals surface area contributed by atoms with Crippen molar-refractivity contribution in [1.29, 1.82) is 0 Å². The van der Waals surface area contributed by atoms with Crippen LogP contribution in [-0.2, 0) is 6.42 Å². The molecule has 2 rings (SSSR count). The predicted octanol–water partition coefficient (Wildman–Crippen LogP) is 4.95. The summed E-state index contributed by atoms with van der Waals surface area (Å²) in [5, 5.41) is 3.42. The van der Waals surface area contributed by atoms with Crippen LogP contribution in [0.1, 0.15) is 37.4 Å². The summed E-state index contributed by atoms with van der Waals surface area (Å²) in [7, 11) is 0. The van der Waals surface area contributed by atoms with Crippen molar-refractivity contribution in [1.82, 2.24) is 0 Å². The van der Waals surface area contributed by atoms with Gasteiger partial charge in [0.05, 0.1) is 6.04 Å². The number of anilines is 1. The highest BCUT2D eigenvalue weighted by atomic mass is 19.1. The monoisotopic (exact) mass is 257 g/mol. The van der Waals surface area contributed by atoms with E-state index in [-0.39, 0.29) is 11.9 Å². The molecule has 0 radical (unpaired) electrons. The number of hydrogen-bond donors (Lipinski definition) is 1. The lowest BCUT2D eigenvalue weighted by molar-refractivity contribution is 0.587. The number of halogens is 1. The van der Waals surface area contributed by atoms with E-state index >= 15 is 0 Å². The average molecular weight is 257 g/mol. The second kappa shape index (κ2) is 6.37.